The van der Waals surface area contributed by atoms with Gasteiger partial charge in [0, 0.05) is 28.5 Å². The summed E-state index contributed by atoms with van der Waals surface area (Å²) in [5, 5.41) is 2.95. The van der Waals surface area contributed by atoms with E-state index in [2.05, 4.69) is 10.3 Å². The van der Waals surface area contributed by atoms with Crippen molar-refractivity contribution in [3.05, 3.63) is 94.8 Å². The first-order valence-corrected chi connectivity index (χ1v) is 8.68. The van der Waals surface area contributed by atoms with E-state index in [1.165, 1.54) is 36.7 Å². The topological polar surface area (TPSA) is 85.4 Å². The number of carbonyl (C=O) groups is 3. The van der Waals surface area contributed by atoms with Gasteiger partial charge in [-0.2, -0.15) is 0 Å². The molecule has 140 valence electrons. The van der Waals surface area contributed by atoms with Crippen LogP contribution in [0.25, 0.3) is 0 Å². The molecular weight excluding hydrogens is 380 g/mol. The number of esters is 1. The van der Waals surface area contributed by atoms with Gasteiger partial charge in [-0.25, -0.2) is 4.79 Å². The number of nitrogens with zero attached hydrogens (tertiary/aromatic N) is 1. The lowest BCUT2D eigenvalue weighted by Gasteiger charge is -2.11. The van der Waals surface area contributed by atoms with E-state index < -0.39 is 18.5 Å². The Morgan fingerprint density at radius 2 is 1.64 bits per heavy atom. The summed E-state index contributed by atoms with van der Waals surface area (Å²) in [6.07, 6.45) is 2.90. The van der Waals surface area contributed by atoms with Crippen LogP contribution < -0.4 is 5.32 Å². The van der Waals surface area contributed by atoms with Crippen molar-refractivity contribution in [3.8, 4) is 0 Å². The van der Waals surface area contributed by atoms with Gasteiger partial charge < -0.3 is 10.1 Å². The Morgan fingerprint density at radius 3 is 2.36 bits per heavy atom. The third-order valence-electron chi connectivity index (χ3n) is 3.79. The second-order valence-corrected chi connectivity index (χ2v) is 6.18. The summed E-state index contributed by atoms with van der Waals surface area (Å²) in [7, 11) is 0. The first kappa shape index (κ1) is 19.3. The number of benzene rings is 2. The zero-order chi connectivity index (χ0) is 19.9. The summed E-state index contributed by atoms with van der Waals surface area (Å²) < 4.78 is 4.98. The van der Waals surface area contributed by atoms with E-state index in [4.69, 9.17) is 16.3 Å². The molecule has 0 fully saturated rings. The Kier molecular flexibility index (Phi) is 6.14. The Balaban J connectivity index is 1.71. The molecule has 2 aromatic carbocycles. The van der Waals surface area contributed by atoms with Crippen molar-refractivity contribution in [2.45, 2.75) is 0 Å². The number of nitrogens with one attached hydrogen (secondary N) is 1. The number of halogens is 1. The number of ketones is 1. The molecule has 3 aromatic rings. The summed E-state index contributed by atoms with van der Waals surface area (Å²) in [4.78, 5) is 40.7. The van der Waals surface area contributed by atoms with Crippen molar-refractivity contribution in [1.82, 2.24) is 4.98 Å². The van der Waals surface area contributed by atoms with Crippen LogP contribution >= 0.6 is 11.6 Å². The Bertz CT molecular complexity index is 1010. The van der Waals surface area contributed by atoms with E-state index in [0.29, 0.717) is 10.6 Å². The molecule has 0 unspecified atom stereocenters. The molecule has 0 radical (unpaired) electrons. The monoisotopic (exact) mass is 394 g/mol. The SMILES string of the molecule is O=C(COC(=O)c1ccncc1)Nc1ccc(Cl)cc1C(=O)c1ccccc1. The van der Waals surface area contributed by atoms with Gasteiger partial charge in [-0.15, -0.1) is 0 Å². The van der Waals surface area contributed by atoms with Gasteiger partial charge in [-0.3, -0.25) is 14.6 Å². The molecule has 0 aliphatic heterocycles. The zero-order valence-electron chi connectivity index (χ0n) is 14.6. The van der Waals surface area contributed by atoms with Gasteiger partial charge in [0.15, 0.2) is 12.4 Å². The maximum atomic E-state index is 12.8. The molecule has 1 heterocycles. The number of rotatable bonds is 6. The van der Waals surface area contributed by atoms with Crippen molar-refractivity contribution in [2.24, 2.45) is 0 Å². The fraction of sp³-hybridized carbons (Fsp3) is 0.0476. The maximum Gasteiger partial charge on any atom is 0.338 e. The lowest BCUT2D eigenvalue weighted by Crippen LogP contribution is -2.22. The van der Waals surface area contributed by atoms with Crippen molar-refractivity contribution >= 4 is 34.9 Å². The van der Waals surface area contributed by atoms with Gasteiger partial charge in [0.05, 0.1) is 11.3 Å². The highest BCUT2D eigenvalue weighted by atomic mass is 35.5. The molecule has 0 saturated heterocycles. The minimum atomic E-state index is -0.644. The molecule has 0 saturated carbocycles. The van der Waals surface area contributed by atoms with Crippen molar-refractivity contribution in [3.63, 3.8) is 0 Å². The molecule has 28 heavy (non-hydrogen) atoms. The van der Waals surface area contributed by atoms with E-state index in [1.807, 2.05) is 0 Å². The van der Waals surface area contributed by atoms with Crippen LogP contribution in [-0.4, -0.2) is 29.3 Å². The first-order chi connectivity index (χ1) is 13.5. The van der Waals surface area contributed by atoms with Crippen LogP contribution in [-0.2, 0) is 9.53 Å². The van der Waals surface area contributed by atoms with E-state index in [9.17, 15) is 14.4 Å². The number of carbonyl (C=O) groups excluding carboxylic acids is 3. The highest BCUT2D eigenvalue weighted by molar-refractivity contribution is 6.31. The molecular formula is C21H15ClN2O4. The molecule has 0 aliphatic carbocycles. The standard InChI is InChI=1S/C21H15ClN2O4/c22-16-6-7-18(17(12-16)20(26)14-4-2-1-3-5-14)24-19(25)13-28-21(27)15-8-10-23-11-9-15/h1-12H,13H2,(H,24,25). The van der Waals surface area contributed by atoms with Gasteiger partial charge >= 0.3 is 5.97 Å². The molecule has 0 atom stereocenters. The highest BCUT2D eigenvalue weighted by Crippen LogP contribution is 2.23. The highest BCUT2D eigenvalue weighted by Gasteiger charge is 2.17. The first-order valence-electron chi connectivity index (χ1n) is 8.31. The fourth-order valence-corrected chi connectivity index (χ4v) is 2.62. The predicted octanol–water partition coefficient (Wildman–Crippen LogP) is 3.76. The Labute approximate surface area is 166 Å². The van der Waals surface area contributed by atoms with Crippen molar-refractivity contribution in [2.75, 3.05) is 11.9 Å². The Hall–Kier alpha value is -3.51. The lowest BCUT2D eigenvalue weighted by molar-refractivity contribution is -0.119. The van der Waals surface area contributed by atoms with Gasteiger partial charge in [0.2, 0.25) is 0 Å². The number of pyridine rings is 1. The quantitative estimate of drug-likeness (QED) is 0.508. The van der Waals surface area contributed by atoms with Crippen molar-refractivity contribution in [1.29, 1.82) is 0 Å². The second kappa shape index (κ2) is 8.92. The summed E-state index contributed by atoms with van der Waals surface area (Å²) >= 11 is 6.02. The fourth-order valence-electron chi connectivity index (χ4n) is 2.45. The average molecular weight is 395 g/mol. The minimum Gasteiger partial charge on any atom is -0.452 e. The van der Waals surface area contributed by atoms with Gasteiger partial charge in [-0.05, 0) is 30.3 Å². The van der Waals surface area contributed by atoms with Crippen LogP contribution in [0.4, 0.5) is 5.69 Å². The van der Waals surface area contributed by atoms with Crippen LogP contribution in [0.5, 0.6) is 0 Å². The lowest BCUT2D eigenvalue weighted by atomic mass is 10.0. The number of anilines is 1. The molecule has 0 aliphatic rings. The molecule has 1 amide bonds. The largest absolute Gasteiger partial charge is 0.452 e. The molecule has 3 rings (SSSR count). The molecule has 6 nitrogen and oxygen atoms in total. The normalized spacial score (nSPS) is 10.2. The van der Waals surface area contributed by atoms with Gasteiger partial charge in [-0.1, -0.05) is 41.9 Å². The number of amides is 1. The number of hydrogen-bond donors (Lipinski definition) is 1. The molecule has 0 bridgehead atoms. The van der Waals surface area contributed by atoms with Gasteiger partial charge in [0.25, 0.3) is 5.91 Å². The van der Waals surface area contributed by atoms with Gasteiger partial charge in [0.1, 0.15) is 0 Å². The van der Waals surface area contributed by atoms with E-state index >= 15 is 0 Å². The van der Waals surface area contributed by atoms with E-state index in [-0.39, 0.29) is 22.6 Å². The number of hydrogen-bond acceptors (Lipinski definition) is 5. The van der Waals surface area contributed by atoms with Crippen LogP contribution in [0.3, 0.4) is 0 Å². The molecule has 1 aromatic heterocycles. The predicted molar refractivity (Wildman–Crippen MR) is 104 cm³/mol. The third kappa shape index (κ3) is 4.81. The third-order valence-corrected chi connectivity index (χ3v) is 4.02. The maximum absolute atomic E-state index is 12.8. The zero-order valence-corrected chi connectivity index (χ0v) is 15.3. The van der Waals surface area contributed by atoms with E-state index in [0.717, 1.165) is 0 Å². The van der Waals surface area contributed by atoms with Crippen molar-refractivity contribution < 1.29 is 19.1 Å². The average Bonchev–Trinajstić information content (AvgIpc) is 2.74. The van der Waals surface area contributed by atoms with Crippen LogP contribution in [0, 0.1) is 0 Å². The summed E-state index contributed by atoms with van der Waals surface area (Å²) in [6.45, 7) is -0.497. The second-order valence-electron chi connectivity index (χ2n) is 5.75. The number of aromatic nitrogens is 1. The smallest absolute Gasteiger partial charge is 0.338 e. The van der Waals surface area contributed by atoms with Crippen LogP contribution in [0.15, 0.2) is 73.1 Å². The number of ether oxygens (including phenoxy) is 1. The van der Waals surface area contributed by atoms with Crippen LogP contribution in [0.1, 0.15) is 26.3 Å². The summed E-state index contributed by atoms with van der Waals surface area (Å²) in [5.74, 6) is -1.51. The van der Waals surface area contributed by atoms with Crippen LogP contribution in [0.2, 0.25) is 5.02 Å². The Morgan fingerprint density at radius 1 is 0.929 bits per heavy atom. The van der Waals surface area contributed by atoms with E-state index in [1.54, 1.807) is 36.4 Å². The molecule has 1 N–H and O–H groups in total. The summed E-state index contributed by atoms with van der Waals surface area (Å²) in [5.41, 5.74) is 1.27. The summed E-state index contributed by atoms with van der Waals surface area (Å²) in [6, 6.07) is 16.2. The minimum absolute atomic E-state index is 0.243. The molecule has 0 spiro atoms. The molecule has 7 heteroatoms.